The van der Waals surface area contributed by atoms with Gasteiger partial charge in [-0.05, 0) is 30.3 Å². The first-order chi connectivity index (χ1) is 11.1. The van der Waals surface area contributed by atoms with E-state index in [4.69, 9.17) is 11.6 Å². The van der Waals surface area contributed by atoms with Gasteiger partial charge in [-0.3, -0.25) is 0 Å². The summed E-state index contributed by atoms with van der Waals surface area (Å²) in [6.45, 7) is 0.917. The third-order valence-electron chi connectivity index (χ3n) is 4.40. The van der Waals surface area contributed by atoms with Gasteiger partial charge >= 0.3 is 6.09 Å². The van der Waals surface area contributed by atoms with Crippen LogP contribution < -0.4 is 0 Å². The molecule has 0 spiro atoms. The second-order valence-corrected chi connectivity index (χ2v) is 6.15. The van der Waals surface area contributed by atoms with Gasteiger partial charge in [-0.25, -0.2) is 4.79 Å². The number of carbonyl (C=O) groups is 1. The highest BCUT2D eigenvalue weighted by atomic mass is 35.5. The lowest BCUT2D eigenvalue weighted by atomic mass is 10.0. The van der Waals surface area contributed by atoms with Gasteiger partial charge in [0.2, 0.25) is 0 Å². The third-order valence-corrected chi connectivity index (χ3v) is 4.63. The Bertz CT molecular complexity index is 902. The Kier molecular flexibility index (Phi) is 3.27. The molecule has 1 aliphatic heterocycles. The number of aromatic nitrogens is 1. The summed E-state index contributed by atoms with van der Waals surface area (Å²) in [6.07, 6.45) is -0.179. The van der Waals surface area contributed by atoms with E-state index < -0.39 is 6.09 Å². The maximum absolute atomic E-state index is 11.3. The number of nitrogens with zero attached hydrogens (tertiary/aromatic N) is 2. The molecule has 23 heavy (non-hydrogen) atoms. The number of benzene rings is 2. The number of carboxylic acid groups (broad SMARTS) is 1. The lowest BCUT2D eigenvalue weighted by Gasteiger charge is -2.25. The van der Waals surface area contributed by atoms with Gasteiger partial charge in [0.05, 0.1) is 12.1 Å². The van der Waals surface area contributed by atoms with Gasteiger partial charge in [-0.2, -0.15) is 0 Å². The molecule has 0 atom stereocenters. The first-order valence-electron chi connectivity index (χ1n) is 7.50. The van der Waals surface area contributed by atoms with Crippen molar-refractivity contribution < 1.29 is 9.90 Å². The van der Waals surface area contributed by atoms with Gasteiger partial charge in [0.1, 0.15) is 0 Å². The van der Waals surface area contributed by atoms with Crippen LogP contribution in [0.15, 0.2) is 48.5 Å². The molecular weight excluding hydrogens is 312 g/mol. The number of rotatable bonds is 1. The van der Waals surface area contributed by atoms with E-state index in [1.807, 2.05) is 36.4 Å². The Morgan fingerprint density at radius 2 is 1.91 bits per heavy atom. The molecule has 2 aromatic carbocycles. The molecule has 1 aliphatic rings. The SMILES string of the molecule is O=C(O)N1CCc2c(c3cc(Cl)ccc3n2-c2ccccc2)C1. The average molecular weight is 327 g/mol. The van der Waals surface area contributed by atoms with Crippen molar-refractivity contribution in [3.8, 4) is 5.69 Å². The lowest BCUT2D eigenvalue weighted by Crippen LogP contribution is -2.35. The number of hydrogen-bond acceptors (Lipinski definition) is 1. The maximum Gasteiger partial charge on any atom is 0.407 e. The molecular formula is C18H15ClN2O2. The van der Waals surface area contributed by atoms with Crippen LogP contribution in [0.5, 0.6) is 0 Å². The summed E-state index contributed by atoms with van der Waals surface area (Å²) in [5.74, 6) is 0. The molecule has 4 rings (SSSR count). The Morgan fingerprint density at radius 1 is 1.13 bits per heavy atom. The van der Waals surface area contributed by atoms with Crippen molar-refractivity contribution in [1.29, 1.82) is 0 Å². The molecule has 0 saturated carbocycles. The first-order valence-corrected chi connectivity index (χ1v) is 7.88. The van der Waals surface area contributed by atoms with Gasteiger partial charge in [-0.15, -0.1) is 0 Å². The van der Waals surface area contributed by atoms with E-state index >= 15 is 0 Å². The molecule has 0 saturated heterocycles. The van der Waals surface area contributed by atoms with E-state index in [-0.39, 0.29) is 0 Å². The van der Waals surface area contributed by atoms with Crippen LogP contribution >= 0.6 is 11.6 Å². The monoisotopic (exact) mass is 326 g/mol. The molecule has 2 heterocycles. The quantitative estimate of drug-likeness (QED) is 0.724. The van der Waals surface area contributed by atoms with Crippen LogP contribution in [0, 0.1) is 0 Å². The Hall–Kier alpha value is -2.46. The second kappa shape index (κ2) is 5.32. The Balaban J connectivity index is 1.99. The van der Waals surface area contributed by atoms with Crippen LogP contribution in [0.25, 0.3) is 16.6 Å². The van der Waals surface area contributed by atoms with E-state index in [9.17, 15) is 9.90 Å². The summed E-state index contributed by atoms with van der Waals surface area (Å²) in [6, 6.07) is 16.0. The number of amides is 1. The normalized spacial score (nSPS) is 14.0. The third kappa shape index (κ3) is 2.26. The Morgan fingerprint density at radius 3 is 2.65 bits per heavy atom. The van der Waals surface area contributed by atoms with Gasteiger partial charge in [-0.1, -0.05) is 29.8 Å². The molecule has 1 N–H and O–H groups in total. The first kappa shape index (κ1) is 14.2. The lowest BCUT2D eigenvalue weighted by molar-refractivity contribution is 0.140. The Labute approximate surface area is 138 Å². The second-order valence-electron chi connectivity index (χ2n) is 5.71. The molecule has 1 aromatic heterocycles. The van der Waals surface area contributed by atoms with Crippen LogP contribution in [0.2, 0.25) is 5.02 Å². The number of fused-ring (bicyclic) bond motifs is 3. The smallest absolute Gasteiger partial charge is 0.407 e. The zero-order chi connectivity index (χ0) is 16.0. The molecule has 0 aliphatic carbocycles. The molecule has 4 nitrogen and oxygen atoms in total. The highest BCUT2D eigenvalue weighted by molar-refractivity contribution is 6.31. The van der Waals surface area contributed by atoms with E-state index in [1.54, 1.807) is 0 Å². The minimum Gasteiger partial charge on any atom is -0.465 e. The predicted octanol–water partition coefficient (Wildman–Crippen LogP) is 4.32. The fourth-order valence-corrected chi connectivity index (χ4v) is 3.54. The van der Waals surface area contributed by atoms with Crippen molar-refractivity contribution in [1.82, 2.24) is 9.47 Å². The minimum absolute atomic E-state index is 0.404. The molecule has 0 bridgehead atoms. The summed E-state index contributed by atoms with van der Waals surface area (Å²) in [5, 5.41) is 11.0. The van der Waals surface area contributed by atoms with E-state index in [2.05, 4.69) is 16.7 Å². The van der Waals surface area contributed by atoms with Crippen LogP contribution in [-0.4, -0.2) is 27.2 Å². The highest BCUT2D eigenvalue weighted by Crippen LogP contribution is 2.34. The molecule has 1 amide bonds. The summed E-state index contributed by atoms with van der Waals surface area (Å²) >= 11 is 6.18. The predicted molar refractivity (Wildman–Crippen MR) is 90.4 cm³/mol. The maximum atomic E-state index is 11.3. The topological polar surface area (TPSA) is 45.5 Å². The van der Waals surface area contributed by atoms with Crippen LogP contribution in [0.1, 0.15) is 11.3 Å². The zero-order valence-corrected chi connectivity index (χ0v) is 13.1. The fraction of sp³-hybridized carbons (Fsp3) is 0.167. The van der Waals surface area contributed by atoms with Crippen molar-refractivity contribution >= 4 is 28.6 Å². The van der Waals surface area contributed by atoms with Crippen molar-refractivity contribution in [3.05, 3.63) is 64.8 Å². The molecule has 0 radical (unpaired) electrons. The van der Waals surface area contributed by atoms with E-state index in [0.29, 0.717) is 24.5 Å². The van der Waals surface area contributed by atoms with Gasteiger partial charge < -0.3 is 14.6 Å². The van der Waals surface area contributed by atoms with Crippen molar-refractivity contribution in [3.63, 3.8) is 0 Å². The fourth-order valence-electron chi connectivity index (χ4n) is 3.37. The standard InChI is InChI=1S/C18H15ClN2O2/c19-12-6-7-16-14(10-12)15-11-20(18(22)23)9-8-17(15)21(16)13-4-2-1-3-5-13/h1-7,10H,8-9,11H2,(H,22,23). The van der Waals surface area contributed by atoms with Crippen molar-refractivity contribution in [2.45, 2.75) is 13.0 Å². The summed E-state index contributed by atoms with van der Waals surface area (Å²) in [7, 11) is 0. The van der Waals surface area contributed by atoms with Crippen molar-refractivity contribution in [2.75, 3.05) is 6.54 Å². The van der Waals surface area contributed by atoms with Gasteiger partial charge in [0.15, 0.2) is 0 Å². The number of para-hydroxylation sites is 1. The largest absolute Gasteiger partial charge is 0.465 e. The zero-order valence-electron chi connectivity index (χ0n) is 12.4. The summed E-state index contributed by atoms with van der Waals surface area (Å²) < 4.78 is 2.22. The van der Waals surface area contributed by atoms with Crippen LogP contribution in [-0.2, 0) is 13.0 Å². The molecule has 5 heteroatoms. The van der Waals surface area contributed by atoms with Crippen LogP contribution in [0.3, 0.4) is 0 Å². The summed E-state index contributed by atoms with van der Waals surface area (Å²) in [5.41, 5.74) is 4.38. The summed E-state index contributed by atoms with van der Waals surface area (Å²) in [4.78, 5) is 12.8. The molecule has 0 unspecified atom stereocenters. The number of hydrogen-bond donors (Lipinski definition) is 1. The average Bonchev–Trinajstić information content (AvgIpc) is 2.88. The molecule has 3 aromatic rings. The molecule has 116 valence electrons. The van der Waals surface area contributed by atoms with E-state index in [1.165, 1.54) is 10.6 Å². The van der Waals surface area contributed by atoms with Crippen molar-refractivity contribution in [2.24, 2.45) is 0 Å². The van der Waals surface area contributed by atoms with E-state index in [0.717, 1.165) is 22.2 Å². The highest BCUT2D eigenvalue weighted by Gasteiger charge is 2.26. The molecule has 0 fully saturated rings. The van der Waals surface area contributed by atoms with Gasteiger partial charge in [0.25, 0.3) is 0 Å². The van der Waals surface area contributed by atoms with Gasteiger partial charge in [0, 0.05) is 40.3 Å². The number of halogens is 1. The van der Waals surface area contributed by atoms with Crippen LogP contribution in [0.4, 0.5) is 4.79 Å². The minimum atomic E-state index is -0.877.